The molecular weight excluding hydrogens is 371 g/mol. The van der Waals surface area contributed by atoms with Crippen molar-refractivity contribution in [1.29, 1.82) is 0 Å². The third kappa shape index (κ3) is 4.57. The molecule has 0 aliphatic heterocycles. The summed E-state index contributed by atoms with van der Waals surface area (Å²) < 4.78 is 0. The fraction of sp³-hybridized carbons (Fsp3) is 0.300. The third-order valence-electron chi connectivity index (χ3n) is 3.75. The Bertz CT molecular complexity index is 815. The Morgan fingerprint density at radius 2 is 1.35 bits per heavy atom. The van der Waals surface area contributed by atoms with Crippen LogP contribution in [0.4, 0.5) is 0 Å². The Balaban J connectivity index is 2.47. The first kappa shape index (κ1) is 20.3. The highest BCUT2D eigenvalue weighted by molar-refractivity contribution is 6.31. The molecule has 0 atom stereocenters. The molecule has 138 valence electrons. The minimum Gasteiger partial charge on any atom is -0.267 e. The van der Waals surface area contributed by atoms with Gasteiger partial charge in [-0.15, -0.1) is 0 Å². The van der Waals surface area contributed by atoms with Crippen molar-refractivity contribution in [3.8, 4) is 0 Å². The number of hydrazine groups is 1. The number of carbonyl (C=O) groups is 2. The van der Waals surface area contributed by atoms with Crippen molar-refractivity contribution >= 4 is 35.0 Å². The van der Waals surface area contributed by atoms with Crippen LogP contribution in [0, 0.1) is 0 Å². The Labute approximate surface area is 164 Å². The van der Waals surface area contributed by atoms with E-state index in [9.17, 15) is 9.59 Å². The van der Waals surface area contributed by atoms with Crippen molar-refractivity contribution < 1.29 is 9.59 Å². The monoisotopic (exact) mass is 392 g/mol. The fourth-order valence-electron chi connectivity index (χ4n) is 2.67. The average molecular weight is 393 g/mol. The standard InChI is InChI=1S/C20H22Cl2N2O2/c1-5-23(18(25)14-8-6-10-16(21)12-14)24(20(2,3)4)19(26)15-9-7-11-17(22)13-15/h6-13H,5H2,1-4H3. The summed E-state index contributed by atoms with van der Waals surface area (Å²) in [6.07, 6.45) is 0. The van der Waals surface area contributed by atoms with Gasteiger partial charge >= 0.3 is 0 Å². The summed E-state index contributed by atoms with van der Waals surface area (Å²) in [7, 11) is 0. The normalized spacial score (nSPS) is 11.2. The quantitative estimate of drug-likeness (QED) is 0.663. The number of nitrogens with zero attached hydrogens (tertiary/aromatic N) is 2. The molecule has 2 aromatic carbocycles. The number of hydrogen-bond acceptors (Lipinski definition) is 2. The zero-order valence-electron chi connectivity index (χ0n) is 15.3. The average Bonchev–Trinajstić information content (AvgIpc) is 2.57. The van der Waals surface area contributed by atoms with Gasteiger partial charge in [0.25, 0.3) is 11.8 Å². The Morgan fingerprint density at radius 1 is 0.885 bits per heavy atom. The van der Waals surface area contributed by atoms with Gasteiger partial charge in [-0.25, -0.2) is 10.0 Å². The lowest BCUT2D eigenvalue weighted by Crippen LogP contribution is -2.58. The largest absolute Gasteiger partial charge is 0.273 e. The van der Waals surface area contributed by atoms with E-state index in [0.717, 1.165) is 0 Å². The molecule has 0 heterocycles. The first-order valence-electron chi connectivity index (χ1n) is 8.32. The maximum atomic E-state index is 13.2. The molecule has 0 aromatic heterocycles. The van der Waals surface area contributed by atoms with Crippen LogP contribution in [0.25, 0.3) is 0 Å². The highest BCUT2D eigenvalue weighted by Gasteiger charge is 2.35. The molecule has 0 saturated heterocycles. The molecule has 2 aromatic rings. The molecule has 26 heavy (non-hydrogen) atoms. The molecule has 0 aliphatic rings. The third-order valence-corrected chi connectivity index (χ3v) is 4.22. The van der Waals surface area contributed by atoms with Gasteiger partial charge in [0, 0.05) is 27.7 Å². The molecule has 0 radical (unpaired) electrons. The molecule has 0 N–H and O–H groups in total. The molecule has 2 amide bonds. The van der Waals surface area contributed by atoms with Gasteiger partial charge in [0.15, 0.2) is 0 Å². The van der Waals surface area contributed by atoms with Gasteiger partial charge in [0.1, 0.15) is 0 Å². The second-order valence-corrected chi connectivity index (χ2v) is 7.70. The molecule has 0 fully saturated rings. The highest BCUT2D eigenvalue weighted by Crippen LogP contribution is 2.24. The van der Waals surface area contributed by atoms with Gasteiger partial charge in [0.2, 0.25) is 0 Å². The van der Waals surface area contributed by atoms with Crippen molar-refractivity contribution in [2.45, 2.75) is 33.2 Å². The summed E-state index contributed by atoms with van der Waals surface area (Å²) in [5, 5.41) is 3.85. The molecule has 0 unspecified atom stereocenters. The van der Waals surface area contributed by atoms with Crippen molar-refractivity contribution in [1.82, 2.24) is 10.0 Å². The predicted octanol–water partition coefficient (Wildman–Crippen LogP) is 5.31. The number of rotatable bonds is 3. The molecule has 0 saturated carbocycles. The molecule has 4 nitrogen and oxygen atoms in total. The van der Waals surface area contributed by atoms with E-state index in [-0.39, 0.29) is 11.8 Å². The highest BCUT2D eigenvalue weighted by atomic mass is 35.5. The van der Waals surface area contributed by atoms with Crippen LogP contribution < -0.4 is 0 Å². The van der Waals surface area contributed by atoms with Crippen LogP contribution in [-0.4, -0.2) is 33.9 Å². The number of benzene rings is 2. The molecule has 6 heteroatoms. The molecule has 0 bridgehead atoms. The lowest BCUT2D eigenvalue weighted by atomic mass is 10.1. The van der Waals surface area contributed by atoms with E-state index in [1.54, 1.807) is 48.5 Å². The minimum absolute atomic E-state index is 0.291. The first-order valence-corrected chi connectivity index (χ1v) is 9.08. The summed E-state index contributed by atoms with van der Waals surface area (Å²) in [4.78, 5) is 26.3. The van der Waals surface area contributed by atoms with Crippen LogP contribution in [0.2, 0.25) is 10.0 Å². The number of carbonyl (C=O) groups excluding carboxylic acids is 2. The van der Waals surface area contributed by atoms with E-state index in [0.29, 0.717) is 27.7 Å². The first-order chi connectivity index (χ1) is 12.1. The topological polar surface area (TPSA) is 40.6 Å². The Hall–Kier alpha value is -2.04. The van der Waals surface area contributed by atoms with Gasteiger partial charge in [-0.05, 0) is 64.1 Å². The van der Waals surface area contributed by atoms with E-state index >= 15 is 0 Å². The van der Waals surface area contributed by atoms with Crippen molar-refractivity contribution in [2.75, 3.05) is 6.54 Å². The summed E-state index contributed by atoms with van der Waals surface area (Å²) in [6.45, 7) is 7.79. The number of hydrogen-bond donors (Lipinski definition) is 0. The second-order valence-electron chi connectivity index (χ2n) is 6.83. The second kappa shape index (κ2) is 8.11. The lowest BCUT2D eigenvalue weighted by molar-refractivity contribution is -0.0410. The SMILES string of the molecule is CCN(C(=O)c1cccc(Cl)c1)N(C(=O)c1cccc(Cl)c1)C(C)(C)C. The van der Waals surface area contributed by atoms with Crippen LogP contribution >= 0.6 is 23.2 Å². The van der Waals surface area contributed by atoms with Gasteiger partial charge in [-0.3, -0.25) is 9.59 Å². The van der Waals surface area contributed by atoms with E-state index in [1.807, 2.05) is 27.7 Å². The summed E-state index contributed by atoms with van der Waals surface area (Å²) in [5.74, 6) is -0.586. The van der Waals surface area contributed by atoms with Crippen LogP contribution in [-0.2, 0) is 0 Å². The number of halogens is 2. The smallest absolute Gasteiger partial charge is 0.267 e. The Morgan fingerprint density at radius 3 is 1.73 bits per heavy atom. The van der Waals surface area contributed by atoms with Crippen LogP contribution in [0.1, 0.15) is 48.4 Å². The minimum atomic E-state index is -0.621. The molecule has 0 aliphatic carbocycles. The van der Waals surface area contributed by atoms with E-state index in [4.69, 9.17) is 23.2 Å². The van der Waals surface area contributed by atoms with E-state index < -0.39 is 5.54 Å². The van der Waals surface area contributed by atoms with Gasteiger partial charge < -0.3 is 0 Å². The molecule has 0 spiro atoms. The van der Waals surface area contributed by atoms with Gasteiger partial charge in [0.05, 0.1) is 5.54 Å². The van der Waals surface area contributed by atoms with E-state index in [1.165, 1.54) is 10.0 Å². The summed E-state index contributed by atoms with van der Waals surface area (Å²) in [5.41, 5.74) is 0.223. The van der Waals surface area contributed by atoms with Crippen LogP contribution in [0.3, 0.4) is 0 Å². The summed E-state index contributed by atoms with van der Waals surface area (Å²) >= 11 is 12.0. The van der Waals surface area contributed by atoms with Gasteiger partial charge in [-0.1, -0.05) is 35.3 Å². The maximum Gasteiger partial charge on any atom is 0.273 e. The lowest BCUT2D eigenvalue weighted by Gasteiger charge is -2.43. The van der Waals surface area contributed by atoms with Crippen LogP contribution in [0.15, 0.2) is 48.5 Å². The predicted molar refractivity (Wildman–Crippen MR) is 106 cm³/mol. The zero-order chi connectivity index (χ0) is 19.5. The van der Waals surface area contributed by atoms with Crippen molar-refractivity contribution in [2.24, 2.45) is 0 Å². The molecular formula is C20H22Cl2N2O2. The van der Waals surface area contributed by atoms with Crippen LogP contribution in [0.5, 0.6) is 0 Å². The number of amides is 2. The zero-order valence-corrected chi connectivity index (χ0v) is 16.8. The molecule has 2 rings (SSSR count). The van der Waals surface area contributed by atoms with Gasteiger partial charge in [-0.2, -0.15) is 0 Å². The van der Waals surface area contributed by atoms with Crippen molar-refractivity contribution in [3.05, 3.63) is 69.7 Å². The van der Waals surface area contributed by atoms with Crippen molar-refractivity contribution in [3.63, 3.8) is 0 Å². The maximum absolute atomic E-state index is 13.2. The summed E-state index contributed by atoms with van der Waals surface area (Å²) in [6, 6.07) is 13.4. The fourth-order valence-corrected chi connectivity index (χ4v) is 3.05. The Kier molecular flexibility index (Phi) is 6.32. The van der Waals surface area contributed by atoms with E-state index in [2.05, 4.69) is 0 Å².